The third-order valence-corrected chi connectivity index (χ3v) is 10.0. The van der Waals surface area contributed by atoms with Crippen LogP contribution in [-0.2, 0) is 0 Å². The summed E-state index contributed by atoms with van der Waals surface area (Å²) in [4.78, 5) is 0. The molecule has 0 radical (unpaired) electrons. The van der Waals surface area contributed by atoms with E-state index in [9.17, 15) is 5.11 Å². The Bertz CT molecular complexity index is 748. The number of hydrogen-bond acceptors (Lipinski definition) is 1. The molecule has 4 rings (SSSR count). The maximum absolute atomic E-state index is 10.4. The van der Waals surface area contributed by atoms with Crippen LogP contribution < -0.4 is 0 Å². The third-order valence-electron chi connectivity index (χ3n) is 10.0. The Morgan fingerprint density at radius 3 is 2.55 bits per heavy atom. The predicted octanol–water partition coefficient (Wildman–Crippen LogP) is 8.53. The summed E-state index contributed by atoms with van der Waals surface area (Å²) in [6.07, 6.45) is 15.2. The molecule has 1 fully saturated rings. The lowest BCUT2D eigenvalue weighted by atomic mass is 9.50. The highest BCUT2D eigenvalue weighted by molar-refractivity contribution is 5.38. The molecule has 1 N–H and O–H groups in total. The van der Waals surface area contributed by atoms with Crippen molar-refractivity contribution >= 4 is 0 Å². The zero-order valence-corrected chi connectivity index (χ0v) is 19.9. The van der Waals surface area contributed by atoms with E-state index in [4.69, 9.17) is 0 Å². The van der Waals surface area contributed by atoms with Crippen LogP contribution in [0, 0.1) is 34.5 Å². The molecular weight excluding hydrogens is 352 g/mol. The fourth-order valence-corrected chi connectivity index (χ4v) is 8.33. The van der Waals surface area contributed by atoms with Crippen molar-refractivity contribution in [1.29, 1.82) is 0 Å². The van der Waals surface area contributed by atoms with Gasteiger partial charge in [-0.25, -0.2) is 0 Å². The first-order chi connectivity index (χ1) is 13.7. The molecule has 0 aromatic rings. The van der Waals surface area contributed by atoms with Crippen LogP contribution in [0.4, 0.5) is 0 Å². The zero-order valence-electron chi connectivity index (χ0n) is 19.9. The second-order valence-electron chi connectivity index (χ2n) is 11.7. The molecule has 0 heterocycles. The van der Waals surface area contributed by atoms with Crippen molar-refractivity contribution < 1.29 is 5.11 Å². The molecule has 0 aromatic heterocycles. The van der Waals surface area contributed by atoms with Gasteiger partial charge in [0.2, 0.25) is 0 Å². The van der Waals surface area contributed by atoms with Gasteiger partial charge in [-0.3, -0.25) is 0 Å². The Balaban J connectivity index is 1.58. The number of aliphatic hydroxyl groups is 1. The largest absolute Gasteiger partial charge is 0.512 e. The van der Waals surface area contributed by atoms with Gasteiger partial charge in [0.1, 0.15) is 0 Å². The van der Waals surface area contributed by atoms with Gasteiger partial charge in [-0.05, 0) is 119 Å². The standard InChI is InChI=1S/C28H44O/c1-18(2)8-7-9-19(3)22-12-13-24-21-10-11-23-20(4)26(29)15-17-28(23,6)25(21)14-16-27(22,24)5/h8,19,22-24,29H,7,9-17H2,1-6H3/t19-,22-,23+,24+,27-,28+/m1/s1. The molecule has 162 valence electrons. The third kappa shape index (κ3) is 3.35. The second-order valence-corrected chi connectivity index (χ2v) is 11.7. The van der Waals surface area contributed by atoms with Gasteiger partial charge >= 0.3 is 0 Å². The molecular formula is C28H44O. The number of hydrogen-bond donors (Lipinski definition) is 1. The van der Waals surface area contributed by atoms with Crippen LogP contribution in [0.5, 0.6) is 0 Å². The van der Waals surface area contributed by atoms with Crippen LogP contribution in [0.2, 0.25) is 0 Å². The maximum atomic E-state index is 10.4. The normalized spacial score (nSPS) is 40.3. The highest BCUT2D eigenvalue weighted by Crippen LogP contribution is 2.66. The predicted molar refractivity (Wildman–Crippen MR) is 124 cm³/mol. The molecule has 4 aliphatic carbocycles. The summed E-state index contributed by atoms with van der Waals surface area (Å²) in [7, 11) is 0. The van der Waals surface area contributed by atoms with E-state index in [0.29, 0.717) is 22.5 Å². The highest BCUT2D eigenvalue weighted by Gasteiger charge is 2.55. The van der Waals surface area contributed by atoms with Crippen molar-refractivity contribution in [2.45, 2.75) is 106 Å². The molecule has 6 atom stereocenters. The van der Waals surface area contributed by atoms with Crippen LogP contribution in [0.15, 0.2) is 34.1 Å². The van der Waals surface area contributed by atoms with E-state index in [-0.39, 0.29) is 0 Å². The smallest absolute Gasteiger partial charge is 0.0915 e. The van der Waals surface area contributed by atoms with Crippen molar-refractivity contribution in [3.05, 3.63) is 34.1 Å². The molecule has 1 nitrogen and oxygen atoms in total. The van der Waals surface area contributed by atoms with Crippen molar-refractivity contribution in [2.75, 3.05) is 0 Å². The van der Waals surface area contributed by atoms with E-state index >= 15 is 0 Å². The molecule has 29 heavy (non-hydrogen) atoms. The first kappa shape index (κ1) is 21.3. The summed E-state index contributed by atoms with van der Waals surface area (Å²) in [6, 6.07) is 0. The van der Waals surface area contributed by atoms with E-state index in [1.54, 1.807) is 0 Å². The number of allylic oxidation sites excluding steroid dienone is 6. The Hall–Kier alpha value is -0.980. The summed E-state index contributed by atoms with van der Waals surface area (Å²) in [5.74, 6) is 3.85. The lowest BCUT2D eigenvalue weighted by molar-refractivity contribution is 0.0789. The molecule has 0 spiro atoms. The molecule has 0 aromatic carbocycles. The van der Waals surface area contributed by atoms with Crippen molar-refractivity contribution in [2.24, 2.45) is 34.5 Å². The highest BCUT2D eigenvalue weighted by atomic mass is 16.3. The van der Waals surface area contributed by atoms with Gasteiger partial charge in [-0.2, -0.15) is 0 Å². The minimum absolute atomic E-state index is 0.318. The number of aliphatic hydroxyl groups excluding tert-OH is 1. The molecule has 1 saturated carbocycles. The molecule has 0 aliphatic heterocycles. The first-order valence-electron chi connectivity index (χ1n) is 12.4. The topological polar surface area (TPSA) is 20.2 Å². The maximum Gasteiger partial charge on any atom is 0.0915 e. The molecule has 0 saturated heterocycles. The summed E-state index contributed by atoms with van der Waals surface area (Å²) in [5.41, 5.74) is 7.32. The quantitative estimate of drug-likeness (QED) is 0.472. The average molecular weight is 397 g/mol. The van der Waals surface area contributed by atoms with E-state index in [1.807, 2.05) is 11.1 Å². The van der Waals surface area contributed by atoms with E-state index < -0.39 is 0 Å². The van der Waals surface area contributed by atoms with Crippen molar-refractivity contribution in [3.63, 3.8) is 0 Å². The van der Waals surface area contributed by atoms with Gasteiger partial charge in [-0.15, -0.1) is 0 Å². The van der Waals surface area contributed by atoms with Gasteiger partial charge in [0.05, 0.1) is 5.76 Å². The lowest BCUT2D eigenvalue weighted by Crippen LogP contribution is -2.44. The molecule has 1 heteroatoms. The molecule has 4 aliphatic rings. The lowest BCUT2D eigenvalue weighted by Gasteiger charge is -2.54. The van der Waals surface area contributed by atoms with Crippen molar-refractivity contribution in [3.8, 4) is 0 Å². The number of rotatable bonds is 4. The first-order valence-corrected chi connectivity index (χ1v) is 12.4. The Morgan fingerprint density at radius 2 is 1.83 bits per heavy atom. The van der Waals surface area contributed by atoms with Crippen LogP contribution in [0.1, 0.15) is 106 Å². The van der Waals surface area contributed by atoms with E-state index in [2.05, 4.69) is 47.6 Å². The minimum atomic E-state index is 0.318. The number of fused-ring (bicyclic) bond motifs is 4. The van der Waals surface area contributed by atoms with Gasteiger partial charge in [-0.1, -0.05) is 43.6 Å². The van der Waals surface area contributed by atoms with Gasteiger partial charge in [0.25, 0.3) is 0 Å². The van der Waals surface area contributed by atoms with Gasteiger partial charge in [0.15, 0.2) is 0 Å². The van der Waals surface area contributed by atoms with E-state index in [0.717, 1.165) is 30.6 Å². The molecule has 0 bridgehead atoms. The fraction of sp³-hybridized carbons (Fsp3) is 0.786. The molecule has 0 unspecified atom stereocenters. The van der Waals surface area contributed by atoms with Crippen LogP contribution in [-0.4, -0.2) is 5.11 Å². The summed E-state index contributed by atoms with van der Waals surface area (Å²) in [6.45, 7) is 14.4. The Labute approximate surface area is 179 Å². The summed E-state index contributed by atoms with van der Waals surface area (Å²) < 4.78 is 0. The zero-order chi connectivity index (χ0) is 21.0. The minimum Gasteiger partial charge on any atom is -0.512 e. The average Bonchev–Trinajstić information content (AvgIpc) is 3.02. The van der Waals surface area contributed by atoms with Crippen LogP contribution >= 0.6 is 0 Å². The van der Waals surface area contributed by atoms with Gasteiger partial charge in [0, 0.05) is 6.42 Å². The summed E-state index contributed by atoms with van der Waals surface area (Å²) in [5, 5.41) is 10.4. The monoisotopic (exact) mass is 396 g/mol. The molecule has 0 amide bonds. The van der Waals surface area contributed by atoms with Crippen LogP contribution in [0.25, 0.3) is 0 Å². The SMILES string of the molecule is CC(C)=CCC[C@@H](C)[C@H]1CC[C@H]2C3=C(CC[C@]12C)[C@@]1(C)CCC(O)=C(C)[C@@H]1CC3. The van der Waals surface area contributed by atoms with Crippen molar-refractivity contribution in [1.82, 2.24) is 0 Å². The Kier molecular flexibility index (Phi) is 5.58. The van der Waals surface area contributed by atoms with Gasteiger partial charge < -0.3 is 5.11 Å². The Morgan fingerprint density at radius 1 is 1.07 bits per heavy atom. The van der Waals surface area contributed by atoms with Crippen LogP contribution in [0.3, 0.4) is 0 Å². The summed E-state index contributed by atoms with van der Waals surface area (Å²) >= 11 is 0. The second kappa shape index (κ2) is 7.61. The van der Waals surface area contributed by atoms with E-state index in [1.165, 1.54) is 62.5 Å². The fourth-order valence-electron chi connectivity index (χ4n) is 8.33.